The topological polar surface area (TPSA) is 90.4 Å². The van der Waals surface area contributed by atoms with Crippen molar-refractivity contribution in [3.63, 3.8) is 0 Å². The number of esters is 1. The first-order valence-electron chi connectivity index (χ1n) is 6.63. The number of methoxy groups -OCH3 is 1. The molecule has 1 heterocycles. The zero-order valence-corrected chi connectivity index (χ0v) is 12.4. The van der Waals surface area contributed by atoms with E-state index in [0.717, 1.165) is 0 Å². The summed E-state index contributed by atoms with van der Waals surface area (Å²) in [4.78, 5) is 30.9. The zero-order valence-electron chi connectivity index (χ0n) is 12.4. The zero-order chi connectivity index (χ0) is 16.8. The second-order valence-corrected chi connectivity index (χ2v) is 4.50. The highest BCUT2D eigenvalue weighted by Crippen LogP contribution is 2.11. The Balaban J connectivity index is 1.99. The molecule has 23 heavy (non-hydrogen) atoms. The number of hydrogen-bond donors (Lipinski definition) is 1. The molecule has 0 aliphatic heterocycles. The number of carbonyl (C=O) groups is 2. The summed E-state index contributed by atoms with van der Waals surface area (Å²) in [5.74, 6) is -1.41. The first kappa shape index (κ1) is 16.3. The molecular weight excluding hydrogens is 305 g/mol. The fraction of sp³-hybridized carbons (Fsp3) is 0.200. The number of ether oxygens (including phenoxy) is 2. The Kier molecular flexibility index (Phi) is 5.19. The van der Waals surface area contributed by atoms with Gasteiger partial charge < -0.3 is 14.8 Å². The van der Waals surface area contributed by atoms with Gasteiger partial charge in [0.25, 0.3) is 5.91 Å². The Hall–Kier alpha value is -3.03. The Morgan fingerprint density at radius 2 is 1.78 bits per heavy atom. The van der Waals surface area contributed by atoms with Gasteiger partial charge in [0.05, 0.1) is 12.7 Å². The van der Waals surface area contributed by atoms with E-state index in [1.165, 1.54) is 50.7 Å². The first-order valence-corrected chi connectivity index (χ1v) is 6.63. The fourth-order valence-electron chi connectivity index (χ4n) is 1.60. The molecule has 120 valence electrons. The van der Waals surface area contributed by atoms with Crippen molar-refractivity contribution in [1.29, 1.82) is 0 Å². The van der Waals surface area contributed by atoms with Gasteiger partial charge >= 0.3 is 12.0 Å². The lowest BCUT2D eigenvalue weighted by Gasteiger charge is -2.10. The van der Waals surface area contributed by atoms with Crippen molar-refractivity contribution in [2.75, 3.05) is 12.4 Å². The lowest BCUT2D eigenvalue weighted by molar-refractivity contribution is -0.148. The third kappa shape index (κ3) is 4.47. The van der Waals surface area contributed by atoms with Crippen molar-refractivity contribution in [3.05, 3.63) is 48.0 Å². The number of aromatic nitrogens is 2. The lowest BCUT2D eigenvalue weighted by atomic mass is 10.2. The van der Waals surface area contributed by atoms with E-state index in [-0.39, 0.29) is 11.6 Å². The number of rotatable bonds is 5. The van der Waals surface area contributed by atoms with Crippen LogP contribution in [0.2, 0.25) is 0 Å². The molecule has 0 saturated carbocycles. The third-order valence-electron chi connectivity index (χ3n) is 2.81. The molecule has 1 atom stereocenters. The fourth-order valence-corrected chi connectivity index (χ4v) is 1.60. The molecule has 1 amide bonds. The number of hydrogen-bond acceptors (Lipinski definition) is 6. The van der Waals surface area contributed by atoms with Crippen molar-refractivity contribution in [1.82, 2.24) is 9.97 Å². The second-order valence-electron chi connectivity index (χ2n) is 4.50. The smallest absolute Gasteiger partial charge is 0.346 e. The van der Waals surface area contributed by atoms with Gasteiger partial charge in [-0.3, -0.25) is 4.79 Å². The predicted octanol–water partition coefficient (Wildman–Crippen LogP) is 1.81. The molecule has 0 saturated heterocycles. The molecule has 0 radical (unpaired) electrons. The summed E-state index contributed by atoms with van der Waals surface area (Å²) >= 11 is 0. The quantitative estimate of drug-likeness (QED) is 0.845. The van der Waals surface area contributed by atoms with Crippen LogP contribution < -0.4 is 10.1 Å². The summed E-state index contributed by atoms with van der Waals surface area (Å²) < 4.78 is 22.5. The van der Waals surface area contributed by atoms with Crippen LogP contribution in [0.4, 0.5) is 10.1 Å². The minimum Gasteiger partial charge on any atom is -0.466 e. The molecule has 8 heteroatoms. The van der Waals surface area contributed by atoms with Crippen LogP contribution in [0.15, 0.2) is 36.7 Å². The number of carbonyl (C=O) groups excluding carboxylic acids is 2. The molecule has 0 aliphatic carbocycles. The normalized spacial score (nSPS) is 11.4. The van der Waals surface area contributed by atoms with Crippen LogP contribution in [0.5, 0.6) is 6.01 Å². The molecule has 2 rings (SSSR count). The van der Waals surface area contributed by atoms with Gasteiger partial charge in [0.1, 0.15) is 5.82 Å². The standard InChI is InChI=1S/C15H14FN3O4/c1-9(14(21)22-2)23-15-17-7-10(8-18-15)13(20)19-12-5-3-11(16)4-6-12/h3-9H,1-2H3,(H,19,20). The summed E-state index contributed by atoms with van der Waals surface area (Å²) in [6, 6.07) is 5.28. The molecule has 0 fully saturated rings. The van der Waals surface area contributed by atoms with Crippen molar-refractivity contribution < 1.29 is 23.5 Å². The maximum absolute atomic E-state index is 12.8. The van der Waals surface area contributed by atoms with E-state index in [9.17, 15) is 14.0 Å². The lowest BCUT2D eigenvalue weighted by Crippen LogP contribution is -2.25. The second kappa shape index (κ2) is 7.30. The summed E-state index contributed by atoms with van der Waals surface area (Å²) in [5, 5.41) is 2.57. The van der Waals surface area contributed by atoms with E-state index in [0.29, 0.717) is 5.69 Å². The summed E-state index contributed by atoms with van der Waals surface area (Å²) in [5.41, 5.74) is 0.628. The maximum Gasteiger partial charge on any atom is 0.346 e. The maximum atomic E-state index is 12.8. The number of nitrogens with zero attached hydrogens (tertiary/aromatic N) is 2. The highest BCUT2D eigenvalue weighted by molar-refractivity contribution is 6.03. The van der Waals surface area contributed by atoms with Crippen LogP contribution in [0.1, 0.15) is 17.3 Å². The van der Waals surface area contributed by atoms with Crippen molar-refractivity contribution in [3.8, 4) is 6.01 Å². The highest BCUT2D eigenvalue weighted by atomic mass is 19.1. The van der Waals surface area contributed by atoms with Crippen LogP contribution in [0.25, 0.3) is 0 Å². The Bertz CT molecular complexity index is 689. The molecule has 1 unspecified atom stereocenters. The average molecular weight is 319 g/mol. The van der Waals surface area contributed by atoms with Gasteiger partial charge in [0, 0.05) is 18.1 Å². The van der Waals surface area contributed by atoms with Crippen molar-refractivity contribution >= 4 is 17.6 Å². The third-order valence-corrected chi connectivity index (χ3v) is 2.81. The Morgan fingerprint density at radius 3 is 2.35 bits per heavy atom. The minimum atomic E-state index is -0.862. The van der Waals surface area contributed by atoms with Gasteiger partial charge in [0.15, 0.2) is 6.10 Å². The molecule has 0 bridgehead atoms. The van der Waals surface area contributed by atoms with E-state index in [1.54, 1.807) is 0 Å². The molecule has 2 aromatic rings. The van der Waals surface area contributed by atoms with Crippen molar-refractivity contribution in [2.45, 2.75) is 13.0 Å². The predicted molar refractivity (Wildman–Crippen MR) is 78.5 cm³/mol. The monoisotopic (exact) mass is 319 g/mol. The van der Waals surface area contributed by atoms with E-state index in [2.05, 4.69) is 20.0 Å². The average Bonchev–Trinajstić information content (AvgIpc) is 2.56. The van der Waals surface area contributed by atoms with Gasteiger partial charge in [-0.05, 0) is 31.2 Å². The molecule has 0 spiro atoms. The SMILES string of the molecule is COC(=O)C(C)Oc1ncc(C(=O)Nc2ccc(F)cc2)cn1. The Morgan fingerprint density at radius 1 is 1.17 bits per heavy atom. The van der Waals surface area contributed by atoms with Gasteiger partial charge in [-0.25, -0.2) is 19.2 Å². The van der Waals surface area contributed by atoms with E-state index in [1.807, 2.05) is 0 Å². The first-order chi connectivity index (χ1) is 11.0. The van der Waals surface area contributed by atoms with E-state index < -0.39 is 23.8 Å². The molecule has 1 aromatic carbocycles. The summed E-state index contributed by atoms with van der Waals surface area (Å²) in [7, 11) is 1.24. The van der Waals surface area contributed by atoms with Crippen molar-refractivity contribution in [2.24, 2.45) is 0 Å². The molecule has 0 aliphatic rings. The molecule has 7 nitrogen and oxygen atoms in total. The minimum absolute atomic E-state index is 0.0544. The Labute approximate surface area is 131 Å². The van der Waals surface area contributed by atoms with Gasteiger partial charge in [0.2, 0.25) is 0 Å². The molecule has 1 aromatic heterocycles. The van der Waals surface area contributed by atoms with Crippen LogP contribution in [-0.4, -0.2) is 35.1 Å². The number of benzene rings is 1. The molecular formula is C15H14FN3O4. The number of anilines is 1. The largest absolute Gasteiger partial charge is 0.466 e. The van der Waals surface area contributed by atoms with Crippen LogP contribution in [0, 0.1) is 5.82 Å². The number of amides is 1. The van der Waals surface area contributed by atoms with E-state index >= 15 is 0 Å². The van der Waals surface area contributed by atoms with Crippen LogP contribution in [0.3, 0.4) is 0 Å². The van der Waals surface area contributed by atoms with Gasteiger partial charge in [-0.1, -0.05) is 0 Å². The number of nitrogens with one attached hydrogen (secondary N) is 1. The van der Waals surface area contributed by atoms with Gasteiger partial charge in [-0.15, -0.1) is 0 Å². The molecule has 1 N–H and O–H groups in total. The van der Waals surface area contributed by atoms with Crippen LogP contribution in [-0.2, 0) is 9.53 Å². The van der Waals surface area contributed by atoms with Gasteiger partial charge in [-0.2, -0.15) is 0 Å². The highest BCUT2D eigenvalue weighted by Gasteiger charge is 2.16. The number of halogens is 1. The summed E-state index contributed by atoms with van der Waals surface area (Å²) in [6.07, 6.45) is 1.65. The summed E-state index contributed by atoms with van der Waals surface area (Å²) in [6.45, 7) is 1.49. The van der Waals surface area contributed by atoms with Crippen LogP contribution >= 0.6 is 0 Å². The van der Waals surface area contributed by atoms with E-state index in [4.69, 9.17) is 4.74 Å².